The molecule has 0 saturated heterocycles. The van der Waals surface area contributed by atoms with Crippen LogP contribution in [-0.2, 0) is 20.9 Å². The molecule has 2 N–H and O–H groups in total. The monoisotopic (exact) mass is 460 g/mol. The first-order valence-corrected chi connectivity index (χ1v) is 11.0. The highest BCUT2D eigenvalue weighted by Gasteiger charge is 2.55. The maximum Gasteiger partial charge on any atom is 0.411 e. The second kappa shape index (κ2) is 8.33. The number of aliphatic carboxylic acids is 1. The number of aromatic nitrogens is 2. The van der Waals surface area contributed by atoms with Crippen molar-refractivity contribution in [2.75, 3.05) is 19.0 Å². The third kappa shape index (κ3) is 3.79. The van der Waals surface area contributed by atoms with Crippen LogP contribution in [0.25, 0.3) is 11.1 Å². The molecule has 0 spiro atoms. The number of carbonyl (C=O) groups is 3. The number of hydrogen-bond acceptors (Lipinski definition) is 5. The molecule has 5 rings (SSSR count). The lowest BCUT2D eigenvalue weighted by Gasteiger charge is -2.24. The van der Waals surface area contributed by atoms with Gasteiger partial charge in [0.25, 0.3) is 0 Å². The number of fused-ring (bicyclic) bond motifs is 3. The number of hydrogen-bond donors (Lipinski definition) is 2. The minimum Gasteiger partial charge on any atom is -0.479 e. The standard InChI is InChI=1S/C25H24N4O5/c1-28(25(10-11-25)23(31)32)22(30)14-29-13-16(12-26-29)27-24(33)34-15-21-19-8-4-2-6-17(19)18-7-3-5-9-20(18)21/h2-9,12-13,21H,10-11,14-15H2,1H3,(H,27,33)(H,31,32). The Balaban J connectivity index is 1.18. The summed E-state index contributed by atoms with van der Waals surface area (Å²) < 4.78 is 6.88. The van der Waals surface area contributed by atoms with Gasteiger partial charge in [-0.1, -0.05) is 48.5 Å². The lowest BCUT2D eigenvalue weighted by molar-refractivity contribution is -0.151. The Hall–Kier alpha value is -4.14. The lowest BCUT2D eigenvalue weighted by atomic mass is 9.98. The van der Waals surface area contributed by atoms with Gasteiger partial charge in [-0.3, -0.25) is 14.8 Å². The van der Waals surface area contributed by atoms with Crippen molar-refractivity contribution in [1.82, 2.24) is 14.7 Å². The molecule has 2 aliphatic rings. The molecule has 1 heterocycles. The molecule has 9 nitrogen and oxygen atoms in total. The molecule has 1 aromatic heterocycles. The molecule has 2 aliphatic carbocycles. The Labute approximate surface area is 195 Å². The maximum atomic E-state index is 12.5. The number of amides is 2. The van der Waals surface area contributed by atoms with Crippen molar-refractivity contribution >= 4 is 23.7 Å². The number of carboxylic acids is 1. The van der Waals surface area contributed by atoms with E-state index < -0.39 is 17.6 Å². The average molecular weight is 460 g/mol. The van der Waals surface area contributed by atoms with Gasteiger partial charge in [0.2, 0.25) is 5.91 Å². The van der Waals surface area contributed by atoms with Crippen LogP contribution in [0, 0.1) is 0 Å². The number of nitrogens with one attached hydrogen (secondary N) is 1. The fraction of sp³-hybridized carbons (Fsp3) is 0.280. The number of benzene rings is 2. The van der Waals surface area contributed by atoms with Gasteiger partial charge in [-0.05, 0) is 35.1 Å². The molecule has 2 amide bonds. The van der Waals surface area contributed by atoms with Crippen LogP contribution in [0.15, 0.2) is 60.9 Å². The normalized spacial score (nSPS) is 15.2. The van der Waals surface area contributed by atoms with Gasteiger partial charge in [-0.15, -0.1) is 0 Å². The molecule has 174 valence electrons. The van der Waals surface area contributed by atoms with Crippen molar-refractivity contribution in [1.29, 1.82) is 0 Å². The zero-order chi connectivity index (χ0) is 23.9. The van der Waals surface area contributed by atoms with E-state index in [4.69, 9.17) is 4.74 Å². The highest BCUT2D eigenvalue weighted by atomic mass is 16.5. The van der Waals surface area contributed by atoms with E-state index in [-0.39, 0.29) is 25.0 Å². The number of rotatable bonds is 7. The second-order valence-corrected chi connectivity index (χ2v) is 8.67. The van der Waals surface area contributed by atoms with Crippen molar-refractivity contribution < 1.29 is 24.2 Å². The predicted molar refractivity (Wildman–Crippen MR) is 123 cm³/mol. The molecule has 2 aromatic carbocycles. The van der Waals surface area contributed by atoms with E-state index in [1.807, 2.05) is 24.3 Å². The Morgan fingerprint density at radius 1 is 1.12 bits per heavy atom. The van der Waals surface area contributed by atoms with Crippen molar-refractivity contribution in [2.45, 2.75) is 30.8 Å². The average Bonchev–Trinajstić information content (AvgIpc) is 3.45. The van der Waals surface area contributed by atoms with Crippen LogP contribution in [0.2, 0.25) is 0 Å². The number of ether oxygens (including phenoxy) is 1. The zero-order valence-electron chi connectivity index (χ0n) is 18.6. The molecule has 34 heavy (non-hydrogen) atoms. The Morgan fingerprint density at radius 2 is 1.74 bits per heavy atom. The fourth-order valence-electron chi connectivity index (χ4n) is 4.56. The summed E-state index contributed by atoms with van der Waals surface area (Å²) in [4.78, 5) is 37.6. The van der Waals surface area contributed by atoms with Crippen LogP contribution in [0.3, 0.4) is 0 Å². The topological polar surface area (TPSA) is 114 Å². The SMILES string of the molecule is CN(C(=O)Cn1cc(NC(=O)OCC2c3ccccc3-c3ccccc32)cn1)C1(C(=O)O)CC1. The Morgan fingerprint density at radius 3 is 2.32 bits per heavy atom. The molecule has 0 aliphatic heterocycles. The van der Waals surface area contributed by atoms with E-state index in [1.165, 1.54) is 29.0 Å². The van der Waals surface area contributed by atoms with E-state index in [2.05, 4.69) is 34.7 Å². The van der Waals surface area contributed by atoms with Crippen LogP contribution in [0.1, 0.15) is 29.9 Å². The number of carbonyl (C=O) groups excluding carboxylic acids is 2. The van der Waals surface area contributed by atoms with E-state index in [9.17, 15) is 19.5 Å². The van der Waals surface area contributed by atoms with Crippen LogP contribution in [0.5, 0.6) is 0 Å². The fourth-order valence-corrected chi connectivity index (χ4v) is 4.56. The summed E-state index contributed by atoms with van der Waals surface area (Å²) in [7, 11) is 1.49. The Kier molecular flexibility index (Phi) is 5.31. The third-order valence-corrected chi connectivity index (χ3v) is 6.66. The number of carboxylic acid groups (broad SMARTS) is 1. The first-order valence-electron chi connectivity index (χ1n) is 11.0. The van der Waals surface area contributed by atoms with E-state index in [0.29, 0.717) is 18.5 Å². The van der Waals surface area contributed by atoms with Gasteiger partial charge in [-0.25, -0.2) is 9.59 Å². The molecule has 1 fully saturated rings. The second-order valence-electron chi connectivity index (χ2n) is 8.67. The van der Waals surface area contributed by atoms with Crippen molar-refractivity contribution in [3.8, 4) is 11.1 Å². The highest BCUT2D eigenvalue weighted by molar-refractivity contribution is 5.89. The summed E-state index contributed by atoms with van der Waals surface area (Å²) in [6.07, 6.45) is 3.19. The number of likely N-dealkylation sites (N-methyl/N-ethyl adjacent to an activating group) is 1. The van der Waals surface area contributed by atoms with Gasteiger partial charge in [0, 0.05) is 19.2 Å². The molecule has 9 heteroatoms. The molecule has 0 atom stereocenters. The highest BCUT2D eigenvalue weighted by Crippen LogP contribution is 2.44. The maximum absolute atomic E-state index is 12.5. The third-order valence-electron chi connectivity index (χ3n) is 6.66. The van der Waals surface area contributed by atoms with Gasteiger partial charge in [0.05, 0.1) is 11.9 Å². The molecular weight excluding hydrogens is 436 g/mol. The predicted octanol–water partition coefficient (Wildman–Crippen LogP) is 3.32. The molecule has 0 radical (unpaired) electrons. The zero-order valence-corrected chi connectivity index (χ0v) is 18.6. The van der Waals surface area contributed by atoms with Crippen LogP contribution in [-0.4, -0.2) is 57.0 Å². The van der Waals surface area contributed by atoms with E-state index in [1.54, 1.807) is 0 Å². The summed E-state index contributed by atoms with van der Waals surface area (Å²) in [5.74, 6) is -1.41. The molecule has 3 aromatic rings. The summed E-state index contributed by atoms with van der Waals surface area (Å²) >= 11 is 0. The summed E-state index contributed by atoms with van der Waals surface area (Å²) in [6.45, 7) is 0.0620. The minimum atomic E-state index is -1.10. The minimum absolute atomic E-state index is 0.0435. The lowest BCUT2D eigenvalue weighted by Crippen LogP contribution is -2.45. The van der Waals surface area contributed by atoms with Crippen LogP contribution >= 0.6 is 0 Å². The van der Waals surface area contributed by atoms with Gasteiger partial charge in [-0.2, -0.15) is 5.10 Å². The van der Waals surface area contributed by atoms with Crippen molar-refractivity contribution in [2.24, 2.45) is 0 Å². The van der Waals surface area contributed by atoms with Crippen molar-refractivity contribution in [3.05, 3.63) is 72.1 Å². The molecule has 1 saturated carbocycles. The molecular formula is C25H24N4O5. The molecule has 0 unspecified atom stereocenters. The quantitative estimate of drug-likeness (QED) is 0.559. The summed E-state index contributed by atoms with van der Waals surface area (Å²) in [5, 5.41) is 16.1. The summed E-state index contributed by atoms with van der Waals surface area (Å²) in [6, 6.07) is 16.2. The first kappa shape index (κ1) is 21.7. The van der Waals surface area contributed by atoms with Gasteiger partial charge in [0.1, 0.15) is 18.7 Å². The Bertz CT molecular complexity index is 1230. The van der Waals surface area contributed by atoms with Gasteiger partial charge < -0.3 is 14.7 Å². The first-order chi connectivity index (χ1) is 16.4. The number of anilines is 1. The summed E-state index contributed by atoms with van der Waals surface area (Å²) in [5.41, 5.74) is 3.83. The smallest absolute Gasteiger partial charge is 0.411 e. The van der Waals surface area contributed by atoms with Crippen LogP contribution in [0.4, 0.5) is 10.5 Å². The molecule has 0 bridgehead atoms. The van der Waals surface area contributed by atoms with Crippen LogP contribution < -0.4 is 5.32 Å². The van der Waals surface area contributed by atoms with E-state index in [0.717, 1.165) is 22.3 Å². The van der Waals surface area contributed by atoms with Crippen molar-refractivity contribution in [3.63, 3.8) is 0 Å². The largest absolute Gasteiger partial charge is 0.479 e. The van der Waals surface area contributed by atoms with Gasteiger partial charge in [0.15, 0.2) is 0 Å². The number of nitrogens with zero attached hydrogens (tertiary/aromatic N) is 3. The van der Waals surface area contributed by atoms with E-state index >= 15 is 0 Å². The van der Waals surface area contributed by atoms with Gasteiger partial charge >= 0.3 is 12.1 Å².